The first kappa shape index (κ1) is 25.1. The van der Waals surface area contributed by atoms with Gasteiger partial charge in [0, 0.05) is 21.2 Å². The molecule has 6 nitrogen and oxygen atoms in total. The lowest BCUT2D eigenvalue weighted by Crippen LogP contribution is -2.27. The smallest absolute Gasteiger partial charge is 0.235 e. The Morgan fingerprint density at radius 3 is 2.57 bits per heavy atom. The largest absolute Gasteiger partial charge is 0.353 e. The molecule has 2 aromatic rings. The van der Waals surface area contributed by atoms with Crippen LogP contribution in [0, 0.1) is 22.7 Å². The number of hydrogen-bond acceptors (Lipinski definition) is 7. The van der Waals surface area contributed by atoms with E-state index in [0.29, 0.717) is 37.5 Å². The number of nitrogens with one attached hydrogen (secondary N) is 2. The van der Waals surface area contributed by atoms with E-state index in [4.69, 9.17) is 11.6 Å². The van der Waals surface area contributed by atoms with Gasteiger partial charge in [0.15, 0.2) is 5.78 Å². The first-order valence-electron chi connectivity index (χ1n) is 11.2. The summed E-state index contributed by atoms with van der Waals surface area (Å²) >= 11 is 8.74. The number of hydrogen-bond donors (Lipinski definition) is 2. The highest BCUT2D eigenvalue weighted by Gasteiger charge is 2.33. The lowest BCUT2D eigenvalue weighted by Gasteiger charge is -2.29. The molecule has 178 valence electrons. The van der Waals surface area contributed by atoms with Crippen molar-refractivity contribution >= 4 is 51.4 Å². The van der Waals surface area contributed by atoms with Gasteiger partial charge in [0.1, 0.15) is 11.1 Å². The molecule has 35 heavy (non-hydrogen) atoms. The minimum absolute atomic E-state index is 0.0526. The number of nitrogens with zero attached hydrogens (tertiary/aromatic N) is 2. The van der Waals surface area contributed by atoms with Crippen LogP contribution in [-0.4, -0.2) is 17.4 Å². The van der Waals surface area contributed by atoms with Crippen molar-refractivity contribution in [3.05, 3.63) is 72.7 Å². The van der Waals surface area contributed by atoms with E-state index in [1.807, 2.05) is 12.1 Å². The number of fused-ring (bicyclic) bond motifs is 1. The molecule has 1 atom stereocenters. The summed E-state index contributed by atoms with van der Waals surface area (Å²) in [6, 6.07) is 11.6. The number of anilines is 1. The number of aryl methyl sites for hydroxylation is 1. The second-order valence-corrected chi connectivity index (χ2v) is 10.9. The Labute approximate surface area is 217 Å². The predicted octanol–water partition coefficient (Wildman–Crippen LogP) is 5.81. The maximum atomic E-state index is 12.8. The molecular formula is C26H23ClN4O2S2. The third kappa shape index (κ3) is 5.16. The molecule has 2 aliphatic rings. The Bertz CT molecular complexity index is 1340. The molecule has 0 fully saturated rings. The van der Waals surface area contributed by atoms with Crippen LogP contribution in [0.2, 0.25) is 5.02 Å². The van der Waals surface area contributed by atoms with Crippen LogP contribution in [0.25, 0.3) is 0 Å². The lowest BCUT2D eigenvalue weighted by atomic mass is 9.81. The summed E-state index contributed by atoms with van der Waals surface area (Å²) in [6.45, 7) is 3.28. The van der Waals surface area contributed by atoms with Crippen molar-refractivity contribution in [1.82, 2.24) is 5.32 Å². The van der Waals surface area contributed by atoms with Crippen LogP contribution in [0.5, 0.6) is 0 Å². The summed E-state index contributed by atoms with van der Waals surface area (Å²) in [4.78, 5) is 26.5. The van der Waals surface area contributed by atoms with Crippen LogP contribution in [-0.2, 0) is 22.4 Å². The van der Waals surface area contributed by atoms with Gasteiger partial charge in [0.05, 0.1) is 33.9 Å². The molecule has 2 heterocycles. The number of rotatable bonds is 6. The topological polar surface area (TPSA) is 106 Å². The first-order chi connectivity index (χ1) is 16.8. The third-order valence-corrected chi connectivity index (χ3v) is 8.59. The van der Waals surface area contributed by atoms with Gasteiger partial charge < -0.3 is 10.6 Å². The Morgan fingerprint density at radius 1 is 1.20 bits per heavy atom. The van der Waals surface area contributed by atoms with Gasteiger partial charge in [-0.2, -0.15) is 10.5 Å². The molecule has 0 unspecified atom stereocenters. The maximum Gasteiger partial charge on any atom is 0.235 e. The number of nitriles is 2. The minimum atomic E-state index is -0.546. The average molecular weight is 523 g/mol. The normalized spacial score (nSPS) is 17.2. The quantitative estimate of drug-likeness (QED) is 0.496. The summed E-state index contributed by atoms with van der Waals surface area (Å²) in [7, 11) is 0. The Hall–Kier alpha value is -3.04. The van der Waals surface area contributed by atoms with Crippen molar-refractivity contribution in [2.45, 2.75) is 45.4 Å². The van der Waals surface area contributed by atoms with E-state index in [1.54, 1.807) is 19.1 Å². The third-order valence-electron chi connectivity index (χ3n) is 6.11. The molecule has 1 aliphatic heterocycles. The van der Waals surface area contributed by atoms with Gasteiger partial charge in [-0.15, -0.1) is 11.3 Å². The molecule has 1 aliphatic carbocycles. The highest BCUT2D eigenvalue weighted by Crippen LogP contribution is 2.41. The van der Waals surface area contributed by atoms with E-state index >= 15 is 0 Å². The van der Waals surface area contributed by atoms with Crippen molar-refractivity contribution in [3.63, 3.8) is 0 Å². The van der Waals surface area contributed by atoms with Gasteiger partial charge in [0.25, 0.3) is 0 Å². The number of ketones is 1. The number of dihydropyridines is 1. The Kier molecular flexibility index (Phi) is 7.66. The summed E-state index contributed by atoms with van der Waals surface area (Å²) in [6.07, 6.45) is 3.97. The number of halogens is 1. The van der Waals surface area contributed by atoms with Crippen LogP contribution < -0.4 is 10.6 Å². The van der Waals surface area contributed by atoms with Crippen LogP contribution in [0.3, 0.4) is 0 Å². The number of benzene rings is 1. The molecule has 2 N–H and O–H groups in total. The number of thiophene rings is 1. The van der Waals surface area contributed by atoms with Crippen LogP contribution in [0.4, 0.5) is 5.00 Å². The molecule has 0 spiro atoms. The minimum Gasteiger partial charge on any atom is -0.353 e. The molecule has 0 saturated carbocycles. The predicted molar refractivity (Wildman–Crippen MR) is 140 cm³/mol. The number of carbonyl (C=O) groups excluding carboxylic acids is 2. The van der Waals surface area contributed by atoms with Crippen molar-refractivity contribution in [3.8, 4) is 12.1 Å². The van der Waals surface area contributed by atoms with Gasteiger partial charge in [-0.05, 0) is 62.8 Å². The van der Waals surface area contributed by atoms with Crippen LogP contribution in [0.1, 0.15) is 54.2 Å². The number of amides is 1. The molecule has 1 amide bonds. The lowest BCUT2D eigenvalue weighted by molar-refractivity contribution is -0.114. The SMILES string of the molecule is CC(=O)C1=C(C)NC(SCC(=O)Nc2sc3c(c2C#N)CCCC3)=C(C#N)[C@@H]1c1ccc(Cl)cc1. The van der Waals surface area contributed by atoms with Gasteiger partial charge >= 0.3 is 0 Å². The van der Waals surface area contributed by atoms with Crippen molar-refractivity contribution in [2.75, 3.05) is 11.1 Å². The van der Waals surface area contributed by atoms with Gasteiger partial charge in [-0.1, -0.05) is 35.5 Å². The Balaban J connectivity index is 1.57. The number of thioether (sulfide) groups is 1. The van der Waals surface area contributed by atoms with Crippen molar-refractivity contribution in [2.24, 2.45) is 0 Å². The molecule has 0 radical (unpaired) electrons. The first-order valence-corrected chi connectivity index (χ1v) is 13.4. The van der Waals surface area contributed by atoms with E-state index < -0.39 is 5.92 Å². The fourth-order valence-electron chi connectivity index (χ4n) is 4.55. The van der Waals surface area contributed by atoms with Crippen molar-refractivity contribution in [1.29, 1.82) is 10.5 Å². The maximum absolute atomic E-state index is 12.8. The monoisotopic (exact) mass is 522 g/mol. The molecular weight excluding hydrogens is 500 g/mol. The second-order valence-electron chi connectivity index (χ2n) is 8.42. The summed E-state index contributed by atoms with van der Waals surface area (Å²) in [5.74, 6) is -0.874. The zero-order chi connectivity index (χ0) is 25.1. The molecule has 4 rings (SSSR count). The molecule has 1 aromatic heterocycles. The fourth-order valence-corrected chi connectivity index (χ4v) is 6.83. The number of Topliss-reactive ketones (excluding diaryl/α,β-unsaturated/α-hetero) is 1. The van der Waals surface area contributed by atoms with E-state index in [2.05, 4.69) is 22.8 Å². The van der Waals surface area contributed by atoms with E-state index in [0.717, 1.165) is 36.8 Å². The fraction of sp³-hybridized carbons (Fsp3) is 0.308. The van der Waals surface area contributed by atoms with Gasteiger partial charge in [-0.3, -0.25) is 9.59 Å². The van der Waals surface area contributed by atoms with E-state index in [9.17, 15) is 20.1 Å². The summed E-state index contributed by atoms with van der Waals surface area (Å²) in [5, 5.41) is 27.4. The van der Waals surface area contributed by atoms with Crippen molar-refractivity contribution < 1.29 is 9.59 Å². The highest BCUT2D eigenvalue weighted by atomic mass is 35.5. The zero-order valence-electron chi connectivity index (χ0n) is 19.3. The standard InChI is InChI=1S/C26H23ClN4O2S2/c1-14-23(15(2)32)24(16-7-9-17(27)10-8-16)20(12-29)25(30-14)34-13-22(33)31-26-19(11-28)18-5-3-4-6-21(18)35-26/h7-10,24,30H,3-6,13H2,1-2H3,(H,31,33)/t24-/m0/s1. The number of carbonyl (C=O) groups is 2. The summed E-state index contributed by atoms with van der Waals surface area (Å²) < 4.78 is 0. The van der Waals surface area contributed by atoms with Crippen LogP contribution >= 0.6 is 34.7 Å². The molecule has 9 heteroatoms. The zero-order valence-corrected chi connectivity index (χ0v) is 21.7. The number of allylic oxidation sites excluding steroid dienone is 3. The van der Waals surface area contributed by atoms with Crippen LogP contribution in [0.15, 0.2) is 46.1 Å². The highest BCUT2D eigenvalue weighted by molar-refractivity contribution is 8.03. The second kappa shape index (κ2) is 10.7. The van der Waals surface area contributed by atoms with E-state index in [1.165, 1.54) is 34.9 Å². The van der Waals surface area contributed by atoms with E-state index in [-0.39, 0.29) is 17.4 Å². The molecule has 0 saturated heterocycles. The average Bonchev–Trinajstić information content (AvgIpc) is 3.19. The van der Waals surface area contributed by atoms with Gasteiger partial charge in [-0.25, -0.2) is 0 Å². The molecule has 1 aromatic carbocycles. The van der Waals surface area contributed by atoms with Gasteiger partial charge in [0.2, 0.25) is 5.91 Å². The Morgan fingerprint density at radius 2 is 1.91 bits per heavy atom. The molecule has 0 bridgehead atoms. The summed E-state index contributed by atoms with van der Waals surface area (Å²) in [5.41, 5.74) is 3.96.